The van der Waals surface area contributed by atoms with Crippen molar-refractivity contribution in [3.63, 3.8) is 0 Å². The van der Waals surface area contributed by atoms with E-state index in [4.69, 9.17) is 15.9 Å². The molecule has 18 heavy (non-hydrogen) atoms. The van der Waals surface area contributed by atoms with Crippen LogP contribution in [0.4, 0.5) is 0 Å². The average Bonchev–Trinajstić information content (AvgIpc) is 2.14. The highest BCUT2D eigenvalue weighted by molar-refractivity contribution is 14.1. The number of hydrogen-bond acceptors (Lipinski definition) is 3. The number of halogens is 3. The summed E-state index contributed by atoms with van der Waals surface area (Å²) in [5.74, 6) is -3.46. The van der Waals surface area contributed by atoms with Crippen molar-refractivity contribution in [2.75, 3.05) is 0 Å². The Morgan fingerprint density at radius 2 is 1.06 bits per heavy atom. The fourth-order valence-electron chi connectivity index (χ4n) is 1.26. The van der Waals surface area contributed by atoms with Crippen LogP contribution >= 0.6 is 67.8 Å². The van der Waals surface area contributed by atoms with Crippen LogP contribution in [-0.2, 0) is 0 Å². The summed E-state index contributed by atoms with van der Waals surface area (Å²) in [4.78, 5) is 33.6. The summed E-state index contributed by atoms with van der Waals surface area (Å²) >= 11 is 5.00. The number of primary amides is 1. The average molecular weight is 587 g/mol. The maximum atomic E-state index is 11.3. The van der Waals surface area contributed by atoms with E-state index in [2.05, 4.69) is 0 Å². The van der Waals surface area contributed by atoms with Gasteiger partial charge in [-0.15, -0.1) is 0 Å². The SMILES string of the molecule is NC(=O)c1c(I)c(C(=O)O)c(I)c(C(=O)O)c1I. The predicted molar refractivity (Wildman–Crippen MR) is 87.0 cm³/mol. The largest absolute Gasteiger partial charge is 0.478 e. The van der Waals surface area contributed by atoms with Crippen LogP contribution in [0.5, 0.6) is 0 Å². The van der Waals surface area contributed by atoms with Gasteiger partial charge in [-0.1, -0.05) is 0 Å². The van der Waals surface area contributed by atoms with Crippen LogP contribution in [0, 0.1) is 10.7 Å². The summed E-state index contributed by atoms with van der Waals surface area (Å²) in [7, 11) is 0. The molecule has 9 heteroatoms. The van der Waals surface area contributed by atoms with E-state index in [0.29, 0.717) is 0 Å². The summed E-state index contributed by atoms with van der Waals surface area (Å²) < 4.78 is 0.365. The van der Waals surface area contributed by atoms with Crippen LogP contribution in [-0.4, -0.2) is 28.1 Å². The lowest BCUT2D eigenvalue weighted by atomic mass is 10.1. The molecule has 0 radical (unpaired) electrons. The molecule has 0 saturated carbocycles. The highest BCUT2D eigenvalue weighted by Gasteiger charge is 2.29. The van der Waals surface area contributed by atoms with Crippen molar-refractivity contribution in [1.29, 1.82) is 0 Å². The minimum Gasteiger partial charge on any atom is -0.478 e. The molecule has 0 unspecified atom stereocenters. The molecule has 0 saturated heterocycles. The molecule has 0 atom stereocenters. The summed E-state index contributed by atoms with van der Waals surface area (Å²) in [5, 5.41) is 18.2. The van der Waals surface area contributed by atoms with Gasteiger partial charge in [0.15, 0.2) is 0 Å². The van der Waals surface area contributed by atoms with Crippen molar-refractivity contribution in [2.24, 2.45) is 5.73 Å². The number of hydrogen-bond donors (Lipinski definition) is 3. The molecule has 0 aliphatic heterocycles. The Kier molecular flexibility index (Phi) is 5.16. The van der Waals surface area contributed by atoms with E-state index < -0.39 is 17.8 Å². The van der Waals surface area contributed by atoms with E-state index in [0.717, 1.165) is 0 Å². The summed E-state index contributed by atoms with van der Waals surface area (Å²) in [6.07, 6.45) is 0. The van der Waals surface area contributed by atoms with Gasteiger partial charge in [0, 0.05) is 10.7 Å². The lowest BCUT2D eigenvalue weighted by molar-refractivity contribution is 0.0694. The Labute approximate surface area is 142 Å². The van der Waals surface area contributed by atoms with Gasteiger partial charge >= 0.3 is 11.9 Å². The van der Waals surface area contributed by atoms with Gasteiger partial charge in [-0.2, -0.15) is 0 Å². The molecule has 0 heterocycles. The van der Waals surface area contributed by atoms with Crippen LogP contribution in [0.25, 0.3) is 0 Å². The molecule has 0 aromatic heterocycles. The van der Waals surface area contributed by atoms with Gasteiger partial charge in [-0.05, 0) is 67.8 Å². The summed E-state index contributed by atoms with van der Waals surface area (Å²) in [6.45, 7) is 0. The fourth-order valence-corrected chi connectivity index (χ4v) is 5.88. The maximum absolute atomic E-state index is 11.3. The number of carboxylic acid groups (broad SMARTS) is 2. The minimum atomic E-state index is -1.30. The molecule has 6 nitrogen and oxygen atoms in total. The van der Waals surface area contributed by atoms with Crippen molar-refractivity contribution < 1.29 is 24.6 Å². The van der Waals surface area contributed by atoms with Gasteiger partial charge < -0.3 is 15.9 Å². The molecule has 4 N–H and O–H groups in total. The Morgan fingerprint density at radius 3 is 1.28 bits per heavy atom. The molecule has 1 amide bonds. The third kappa shape index (κ3) is 2.71. The highest BCUT2D eigenvalue weighted by Crippen LogP contribution is 2.31. The quantitative estimate of drug-likeness (QED) is 0.469. The van der Waals surface area contributed by atoms with Crippen molar-refractivity contribution in [3.8, 4) is 0 Å². The van der Waals surface area contributed by atoms with Gasteiger partial charge in [0.25, 0.3) is 5.91 Å². The van der Waals surface area contributed by atoms with E-state index in [1.807, 2.05) is 0 Å². The smallest absolute Gasteiger partial charge is 0.337 e. The molecule has 96 valence electrons. The third-order valence-electron chi connectivity index (χ3n) is 1.99. The Balaban J connectivity index is 3.94. The predicted octanol–water partition coefficient (Wildman–Crippen LogP) is 2.00. The second-order valence-electron chi connectivity index (χ2n) is 3.04. The molecule has 0 fully saturated rings. The number of benzene rings is 1. The van der Waals surface area contributed by atoms with Gasteiger partial charge in [0.05, 0.1) is 16.7 Å². The van der Waals surface area contributed by atoms with Crippen molar-refractivity contribution in [2.45, 2.75) is 0 Å². The van der Waals surface area contributed by atoms with Gasteiger partial charge in [0.2, 0.25) is 0 Å². The number of nitrogens with two attached hydrogens (primary N) is 1. The zero-order valence-corrected chi connectivity index (χ0v) is 14.8. The second-order valence-corrected chi connectivity index (χ2v) is 6.28. The number of carbonyl (C=O) groups excluding carboxylic acids is 1. The van der Waals surface area contributed by atoms with Crippen LogP contribution in [0.2, 0.25) is 0 Å². The molecular weight excluding hydrogens is 583 g/mol. The second kappa shape index (κ2) is 5.85. The molecule has 1 rings (SSSR count). The topological polar surface area (TPSA) is 118 Å². The Hall–Kier alpha value is -0.180. The zero-order chi connectivity index (χ0) is 14.2. The molecule has 0 aliphatic rings. The van der Waals surface area contributed by atoms with E-state index in [-0.39, 0.29) is 27.4 Å². The summed E-state index contributed by atoms with van der Waals surface area (Å²) in [6, 6.07) is 0. The number of carbonyl (C=O) groups is 3. The Morgan fingerprint density at radius 1 is 0.778 bits per heavy atom. The standard InChI is InChI=1S/C9H4I3NO5/c10-4-1(7(13)14)5(11)3(9(17)18)6(12)2(4)8(15)16/h(H2,13,14)(H,15,16)(H,17,18). The lowest BCUT2D eigenvalue weighted by Gasteiger charge is -2.13. The minimum absolute atomic E-state index is 0.0754. The maximum Gasteiger partial charge on any atom is 0.337 e. The molecule has 1 aromatic carbocycles. The number of rotatable bonds is 3. The first-order valence-corrected chi connectivity index (χ1v) is 7.40. The van der Waals surface area contributed by atoms with Crippen LogP contribution in [0.1, 0.15) is 31.1 Å². The number of aromatic carboxylic acids is 2. The fraction of sp³-hybridized carbons (Fsp3) is 0. The van der Waals surface area contributed by atoms with Gasteiger partial charge in [0.1, 0.15) is 0 Å². The zero-order valence-electron chi connectivity index (χ0n) is 8.33. The van der Waals surface area contributed by atoms with Crippen LogP contribution < -0.4 is 5.73 Å². The molecule has 0 spiro atoms. The van der Waals surface area contributed by atoms with Gasteiger partial charge in [-0.3, -0.25) is 4.79 Å². The van der Waals surface area contributed by atoms with Crippen LogP contribution in [0.3, 0.4) is 0 Å². The first kappa shape index (κ1) is 15.9. The highest BCUT2D eigenvalue weighted by atomic mass is 127. The lowest BCUT2D eigenvalue weighted by Crippen LogP contribution is -2.22. The third-order valence-corrected chi connectivity index (χ3v) is 5.23. The summed E-state index contributed by atoms with van der Waals surface area (Å²) in [5.41, 5.74) is 4.65. The first-order chi connectivity index (χ1) is 8.20. The van der Waals surface area contributed by atoms with Crippen molar-refractivity contribution in [1.82, 2.24) is 0 Å². The van der Waals surface area contributed by atoms with Crippen LogP contribution in [0.15, 0.2) is 0 Å². The molecule has 0 aliphatic carbocycles. The number of amides is 1. The Bertz CT molecular complexity index is 482. The van der Waals surface area contributed by atoms with E-state index in [1.165, 1.54) is 0 Å². The van der Waals surface area contributed by atoms with E-state index in [9.17, 15) is 14.4 Å². The normalized spacial score (nSPS) is 10.2. The molecular formula is C9H4I3NO5. The van der Waals surface area contributed by atoms with E-state index in [1.54, 1.807) is 67.8 Å². The molecule has 0 bridgehead atoms. The van der Waals surface area contributed by atoms with E-state index >= 15 is 0 Å². The van der Waals surface area contributed by atoms with Crippen molar-refractivity contribution in [3.05, 3.63) is 27.4 Å². The molecule has 1 aromatic rings. The number of carboxylic acids is 2. The monoisotopic (exact) mass is 587 g/mol. The first-order valence-electron chi connectivity index (χ1n) is 4.17. The van der Waals surface area contributed by atoms with Gasteiger partial charge in [-0.25, -0.2) is 9.59 Å². The van der Waals surface area contributed by atoms with Crippen molar-refractivity contribution >= 4 is 85.6 Å².